The molecular formula is C20H28O5. The molecule has 0 bridgehead atoms. The second-order valence-corrected chi connectivity index (χ2v) is 8.03. The Hall–Kier alpha value is -1.62. The van der Waals surface area contributed by atoms with Gasteiger partial charge in [0.05, 0.1) is 6.10 Å². The molecule has 0 aromatic rings. The molecule has 0 amide bonds. The van der Waals surface area contributed by atoms with Crippen LogP contribution in [0.4, 0.5) is 0 Å². The van der Waals surface area contributed by atoms with Gasteiger partial charge < -0.3 is 14.2 Å². The van der Waals surface area contributed by atoms with Crippen LogP contribution in [0.15, 0.2) is 23.8 Å². The number of carbonyl (C=O) groups is 2. The van der Waals surface area contributed by atoms with Gasteiger partial charge >= 0.3 is 11.9 Å². The van der Waals surface area contributed by atoms with Gasteiger partial charge in [0.15, 0.2) is 0 Å². The minimum Gasteiger partial charge on any atom is -0.462 e. The number of epoxide rings is 1. The zero-order valence-corrected chi connectivity index (χ0v) is 15.4. The Labute approximate surface area is 149 Å². The second kappa shape index (κ2) is 6.94. The third kappa shape index (κ3) is 3.97. The van der Waals surface area contributed by atoms with Gasteiger partial charge in [0.25, 0.3) is 0 Å². The molecule has 3 rings (SSSR count). The first-order chi connectivity index (χ1) is 11.8. The highest BCUT2D eigenvalue weighted by molar-refractivity contribution is 5.90. The largest absolute Gasteiger partial charge is 0.462 e. The molecule has 3 aliphatic rings. The maximum Gasteiger partial charge on any atom is 0.334 e. The fourth-order valence-electron chi connectivity index (χ4n) is 3.87. The maximum atomic E-state index is 11.9. The lowest BCUT2D eigenvalue weighted by Gasteiger charge is -2.20. The van der Waals surface area contributed by atoms with Crippen LogP contribution in [0.25, 0.3) is 0 Å². The lowest BCUT2D eigenvalue weighted by molar-refractivity contribution is -0.146. The summed E-state index contributed by atoms with van der Waals surface area (Å²) in [7, 11) is 0. The number of esters is 2. The molecule has 5 heteroatoms. The SMILES string of the molecule is C=C1C(=O)O[C@H]2C/C(C)=C/CC[C@]3(COC(=O)CC(C)C)O[C@@H]3C[C@H]12. The summed E-state index contributed by atoms with van der Waals surface area (Å²) in [4.78, 5) is 23.8. The van der Waals surface area contributed by atoms with Gasteiger partial charge in [-0.1, -0.05) is 32.1 Å². The van der Waals surface area contributed by atoms with Gasteiger partial charge in [-0.15, -0.1) is 0 Å². The normalized spacial score (nSPS) is 36.8. The maximum absolute atomic E-state index is 11.9. The quantitative estimate of drug-likeness (QED) is 0.337. The van der Waals surface area contributed by atoms with E-state index >= 15 is 0 Å². The lowest BCUT2D eigenvalue weighted by Crippen LogP contribution is -2.28. The Balaban J connectivity index is 1.69. The molecule has 0 unspecified atom stereocenters. The zero-order chi connectivity index (χ0) is 18.2. The highest BCUT2D eigenvalue weighted by Gasteiger charge is 2.59. The summed E-state index contributed by atoms with van der Waals surface area (Å²) >= 11 is 0. The van der Waals surface area contributed by atoms with Crippen molar-refractivity contribution < 1.29 is 23.8 Å². The van der Waals surface area contributed by atoms with Crippen LogP contribution in [-0.4, -0.2) is 36.4 Å². The van der Waals surface area contributed by atoms with E-state index in [4.69, 9.17) is 14.2 Å². The van der Waals surface area contributed by atoms with E-state index in [0.29, 0.717) is 18.4 Å². The molecule has 0 spiro atoms. The summed E-state index contributed by atoms with van der Waals surface area (Å²) in [6.07, 6.45) is 5.57. The number of allylic oxidation sites excluding steroid dienone is 1. The molecule has 0 aromatic heterocycles. The average Bonchev–Trinajstić information content (AvgIpc) is 3.14. The summed E-state index contributed by atoms with van der Waals surface area (Å²) in [5.74, 6) is -0.214. The monoisotopic (exact) mass is 348 g/mol. The van der Waals surface area contributed by atoms with Gasteiger partial charge in [0.2, 0.25) is 0 Å². The topological polar surface area (TPSA) is 65.1 Å². The molecule has 138 valence electrons. The van der Waals surface area contributed by atoms with Gasteiger partial charge in [0, 0.05) is 24.3 Å². The van der Waals surface area contributed by atoms with Crippen molar-refractivity contribution in [1.29, 1.82) is 0 Å². The Morgan fingerprint density at radius 2 is 2.24 bits per heavy atom. The molecule has 0 saturated carbocycles. The second-order valence-electron chi connectivity index (χ2n) is 8.03. The van der Waals surface area contributed by atoms with E-state index in [0.717, 1.165) is 19.3 Å². The van der Waals surface area contributed by atoms with Crippen LogP contribution < -0.4 is 0 Å². The van der Waals surface area contributed by atoms with Crippen molar-refractivity contribution in [3.05, 3.63) is 23.8 Å². The lowest BCUT2D eigenvalue weighted by atomic mass is 9.84. The molecule has 2 heterocycles. The van der Waals surface area contributed by atoms with Crippen molar-refractivity contribution >= 4 is 11.9 Å². The Morgan fingerprint density at radius 3 is 2.96 bits per heavy atom. The molecule has 2 aliphatic heterocycles. The van der Waals surface area contributed by atoms with Crippen molar-refractivity contribution in [3.63, 3.8) is 0 Å². The highest BCUT2D eigenvalue weighted by atomic mass is 16.6. The van der Waals surface area contributed by atoms with Crippen LogP contribution in [0, 0.1) is 11.8 Å². The van der Waals surface area contributed by atoms with Gasteiger partial charge in [-0.3, -0.25) is 4.79 Å². The first kappa shape index (κ1) is 18.2. The molecule has 2 fully saturated rings. The molecule has 1 aliphatic carbocycles. The van der Waals surface area contributed by atoms with Crippen LogP contribution in [0.1, 0.15) is 52.9 Å². The first-order valence-corrected chi connectivity index (χ1v) is 9.19. The van der Waals surface area contributed by atoms with E-state index in [-0.39, 0.29) is 42.6 Å². The molecule has 4 atom stereocenters. The van der Waals surface area contributed by atoms with E-state index in [1.54, 1.807) is 0 Å². The predicted molar refractivity (Wildman–Crippen MR) is 92.8 cm³/mol. The number of ether oxygens (including phenoxy) is 3. The van der Waals surface area contributed by atoms with Crippen LogP contribution >= 0.6 is 0 Å². The smallest absolute Gasteiger partial charge is 0.334 e. The summed E-state index contributed by atoms with van der Waals surface area (Å²) in [5, 5.41) is 0. The predicted octanol–water partition coefficient (Wildman–Crippen LogP) is 3.33. The van der Waals surface area contributed by atoms with E-state index in [1.807, 2.05) is 13.8 Å². The average molecular weight is 348 g/mol. The Morgan fingerprint density at radius 1 is 1.48 bits per heavy atom. The zero-order valence-electron chi connectivity index (χ0n) is 15.4. The molecule has 0 radical (unpaired) electrons. The highest BCUT2D eigenvalue weighted by Crippen LogP contribution is 2.48. The minimum absolute atomic E-state index is 0.00935. The fraction of sp³-hybridized carbons (Fsp3) is 0.700. The number of hydrogen-bond acceptors (Lipinski definition) is 5. The number of rotatable bonds is 4. The number of carbonyl (C=O) groups excluding carboxylic acids is 2. The van der Waals surface area contributed by atoms with Crippen molar-refractivity contribution in [1.82, 2.24) is 0 Å². The molecule has 0 aromatic carbocycles. The van der Waals surface area contributed by atoms with Crippen LogP contribution in [0.5, 0.6) is 0 Å². The van der Waals surface area contributed by atoms with E-state index in [2.05, 4.69) is 19.6 Å². The summed E-state index contributed by atoms with van der Waals surface area (Å²) < 4.78 is 17.0. The van der Waals surface area contributed by atoms with Crippen molar-refractivity contribution in [3.8, 4) is 0 Å². The van der Waals surface area contributed by atoms with Crippen molar-refractivity contribution in [2.45, 2.75) is 70.7 Å². The van der Waals surface area contributed by atoms with Crippen LogP contribution in [0.3, 0.4) is 0 Å². The summed E-state index contributed by atoms with van der Waals surface area (Å²) in [6, 6.07) is 0. The van der Waals surface area contributed by atoms with E-state index in [1.165, 1.54) is 5.57 Å². The van der Waals surface area contributed by atoms with E-state index < -0.39 is 5.60 Å². The molecular weight excluding hydrogens is 320 g/mol. The molecule has 2 saturated heterocycles. The summed E-state index contributed by atoms with van der Waals surface area (Å²) in [5.41, 5.74) is 1.33. The number of fused-ring (bicyclic) bond motifs is 2. The number of hydrogen-bond donors (Lipinski definition) is 0. The third-order valence-corrected chi connectivity index (χ3v) is 5.43. The van der Waals surface area contributed by atoms with Crippen molar-refractivity contribution in [2.75, 3.05) is 6.61 Å². The van der Waals surface area contributed by atoms with Crippen LogP contribution in [-0.2, 0) is 23.8 Å². The minimum atomic E-state index is -0.419. The van der Waals surface area contributed by atoms with Gasteiger partial charge in [-0.25, -0.2) is 4.79 Å². The van der Waals surface area contributed by atoms with Gasteiger partial charge in [0.1, 0.15) is 18.3 Å². The van der Waals surface area contributed by atoms with Gasteiger partial charge in [-0.2, -0.15) is 0 Å². The molecule has 5 nitrogen and oxygen atoms in total. The summed E-state index contributed by atoms with van der Waals surface area (Å²) in [6.45, 7) is 10.3. The van der Waals surface area contributed by atoms with Gasteiger partial charge in [-0.05, 0) is 32.1 Å². The Bertz CT molecular complexity index is 605. The third-order valence-electron chi connectivity index (χ3n) is 5.43. The standard InChI is InChI=1S/C20H28O5/c1-12(2)8-18(21)23-11-20-7-5-6-13(3)9-16-15(10-17(20)25-20)14(4)19(22)24-16/h6,12,15-17H,4-5,7-11H2,1-3H3/b13-6+/t15-,16+,17-,20-/m1/s1. The van der Waals surface area contributed by atoms with E-state index in [9.17, 15) is 9.59 Å². The fourth-order valence-corrected chi connectivity index (χ4v) is 3.87. The molecule has 0 N–H and O–H groups in total. The van der Waals surface area contributed by atoms with Crippen LogP contribution in [0.2, 0.25) is 0 Å². The van der Waals surface area contributed by atoms with Crippen molar-refractivity contribution in [2.24, 2.45) is 11.8 Å². The Kier molecular flexibility index (Phi) is 5.05. The first-order valence-electron chi connectivity index (χ1n) is 9.19. The molecule has 25 heavy (non-hydrogen) atoms.